The highest BCUT2D eigenvalue weighted by atomic mass is 16.5. The molecule has 4 aromatic rings. The van der Waals surface area contributed by atoms with E-state index >= 15 is 0 Å². The van der Waals surface area contributed by atoms with Crippen LogP contribution in [0.15, 0.2) is 91.1 Å². The van der Waals surface area contributed by atoms with Gasteiger partial charge in [0.1, 0.15) is 18.2 Å². The Hall–Kier alpha value is -4.19. The summed E-state index contributed by atoms with van der Waals surface area (Å²) in [5.41, 5.74) is 7.48. The van der Waals surface area contributed by atoms with Crippen LogP contribution in [-0.2, 0) is 13.7 Å². The van der Waals surface area contributed by atoms with E-state index in [1.54, 1.807) is 12.5 Å². The summed E-state index contributed by atoms with van der Waals surface area (Å²) in [6.07, 6.45) is 7.23. The molecule has 1 atom stereocenters. The minimum absolute atomic E-state index is 0.0494. The van der Waals surface area contributed by atoms with Crippen molar-refractivity contribution in [2.75, 3.05) is 7.05 Å². The third kappa shape index (κ3) is 4.03. The van der Waals surface area contributed by atoms with Crippen molar-refractivity contribution in [2.45, 2.75) is 12.6 Å². The largest absolute Gasteiger partial charge is 0.487 e. The molecule has 0 radical (unpaired) electrons. The molecule has 2 aromatic carbocycles. The second kappa shape index (κ2) is 8.74. The lowest BCUT2D eigenvalue weighted by Gasteiger charge is -2.31. The highest BCUT2D eigenvalue weighted by Crippen LogP contribution is 2.37. The Bertz CT molecular complexity index is 1320. The zero-order chi connectivity index (χ0) is 22.8. The number of rotatable bonds is 5. The molecule has 1 N–H and O–H groups in total. The first-order valence-electron chi connectivity index (χ1n) is 10.8. The average molecular weight is 436 g/mol. The van der Waals surface area contributed by atoms with Crippen molar-refractivity contribution in [1.82, 2.24) is 19.9 Å². The van der Waals surface area contributed by atoms with Crippen LogP contribution in [0, 0.1) is 0 Å². The van der Waals surface area contributed by atoms with E-state index in [2.05, 4.69) is 63.3 Å². The van der Waals surface area contributed by atoms with Crippen molar-refractivity contribution in [3.63, 3.8) is 0 Å². The van der Waals surface area contributed by atoms with Gasteiger partial charge in [0, 0.05) is 32.1 Å². The van der Waals surface area contributed by atoms with E-state index < -0.39 is 0 Å². The topological polar surface area (TPSA) is 64.3 Å². The van der Waals surface area contributed by atoms with Gasteiger partial charge in [0.15, 0.2) is 0 Å². The van der Waals surface area contributed by atoms with E-state index in [1.807, 2.05) is 49.3 Å². The van der Waals surface area contributed by atoms with Gasteiger partial charge in [-0.25, -0.2) is 4.98 Å². The third-order valence-corrected chi connectivity index (χ3v) is 5.98. The standard InChI is InChI=1S/C27H25N5O/c1-18-24-11-8-20(13-25(24)27(28-2)31-26(18)21-5-4-12-29-14-21)19-6-9-23(10-7-19)33-16-22-15-30-17-32(22)3/h4-15,17,26H,1,16H2,2-3H3,(H,28,31). The van der Waals surface area contributed by atoms with Gasteiger partial charge < -0.3 is 14.6 Å². The molecule has 2 aromatic heterocycles. The molecule has 33 heavy (non-hydrogen) atoms. The quantitative estimate of drug-likeness (QED) is 0.489. The lowest BCUT2D eigenvalue weighted by molar-refractivity contribution is 0.297. The number of fused-ring (bicyclic) bond motifs is 1. The molecule has 0 amide bonds. The van der Waals surface area contributed by atoms with Crippen LogP contribution in [0.1, 0.15) is 28.4 Å². The Kier molecular flexibility index (Phi) is 5.48. The number of aryl methyl sites for hydroxylation is 1. The van der Waals surface area contributed by atoms with E-state index in [1.165, 1.54) is 0 Å². The number of hydrogen-bond donors (Lipinski definition) is 1. The number of benzene rings is 2. The Morgan fingerprint density at radius 1 is 1.03 bits per heavy atom. The number of nitrogens with one attached hydrogen (secondary N) is 1. The first-order valence-corrected chi connectivity index (χ1v) is 10.8. The lowest BCUT2D eigenvalue weighted by atomic mass is 9.86. The number of aromatic nitrogens is 3. The van der Waals surface area contributed by atoms with Gasteiger partial charge in [0.2, 0.25) is 0 Å². The van der Waals surface area contributed by atoms with Crippen molar-refractivity contribution in [3.8, 4) is 16.9 Å². The fourth-order valence-electron chi connectivity index (χ4n) is 4.10. The predicted octanol–water partition coefficient (Wildman–Crippen LogP) is 4.80. The highest BCUT2D eigenvalue weighted by Gasteiger charge is 2.27. The maximum atomic E-state index is 5.91. The Morgan fingerprint density at radius 2 is 1.85 bits per heavy atom. The SMILES string of the molecule is C=C1c2ccc(-c3ccc(OCc4cncn4C)cc3)cc2C(=NC)NC1c1cccnc1. The zero-order valence-corrected chi connectivity index (χ0v) is 18.7. The van der Waals surface area contributed by atoms with Crippen LogP contribution in [0.3, 0.4) is 0 Å². The van der Waals surface area contributed by atoms with Crippen LogP contribution in [0.2, 0.25) is 0 Å². The molecule has 0 aliphatic carbocycles. The second-order valence-electron chi connectivity index (χ2n) is 8.03. The highest BCUT2D eigenvalue weighted by molar-refractivity contribution is 6.07. The van der Waals surface area contributed by atoms with Gasteiger partial charge in [-0.3, -0.25) is 9.98 Å². The molecule has 0 saturated carbocycles. The molecular weight excluding hydrogens is 410 g/mol. The number of nitrogens with zero attached hydrogens (tertiary/aromatic N) is 4. The molecule has 5 rings (SSSR count). The summed E-state index contributed by atoms with van der Waals surface area (Å²) in [7, 11) is 3.77. The van der Waals surface area contributed by atoms with Crippen LogP contribution in [-0.4, -0.2) is 27.4 Å². The molecular formula is C27H25N5O. The molecule has 3 heterocycles. The van der Waals surface area contributed by atoms with Crippen LogP contribution in [0.25, 0.3) is 16.7 Å². The third-order valence-electron chi connectivity index (χ3n) is 5.98. The number of aliphatic imine (C=N–C) groups is 1. The second-order valence-corrected chi connectivity index (χ2v) is 8.03. The monoisotopic (exact) mass is 435 g/mol. The summed E-state index contributed by atoms with van der Waals surface area (Å²) in [5.74, 6) is 1.67. The summed E-state index contributed by atoms with van der Waals surface area (Å²) < 4.78 is 7.86. The van der Waals surface area contributed by atoms with Crippen LogP contribution >= 0.6 is 0 Å². The molecule has 1 aliphatic rings. The number of hydrogen-bond acceptors (Lipinski definition) is 4. The molecule has 1 aliphatic heterocycles. The van der Waals surface area contributed by atoms with Gasteiger partial charge in [0.25, 0.3) is 0 Å². The van der Waals surface area contributed by atoms with Crippen molar-refractivity contribution >= 4 is 11.4 Å². The summed E-state index contributed by atoms with van der Waals surface area (Å²) in [6, 6.07) is 18.5. The molecule has 0 saturated heterocycles. The minimum atomic E-state index is -0.0494. The van der Waals surface area contributed by atoms with Crippen molar-refractivity contribution in [3.05, 3.63) is 108 Å². The van der Waals surface area contributed by atoms with Crippen LogP contribution < -0.4 is 10.1 Å². The fourth-order valence-corrected chi connectivity index (χ4v) is 4.10. The normalized spacial score (nSPS) is 16.4. The number of ether oxygens (including phenoxy) is 1. The summed E-state index contributed by atoms with van der Waals surface area (Å²) >= 11 is 0. The molecule has 1 unspecified atom stereocenters. The van der Waals surface area contributed by atoms with Gasteiger partial charge in [-0.15, -0.1) is 0 Å². The molecule has 0 fully saturated rings. The van der Waals surface area contributed by atoms with Crippen molar-refractivity contribution in [1.29, 1.82) is 0 Å². The summed E-state index contributed by atoms with van der Waals surface area (Å²) in [6.45, 7) is 4.86. The van der Waals surface area contributed by atoms with E-state index in [-0.39, 0.29) is 6.04 Å². The minimum Gasteiger partial charge on any atom is -0.487 e. The van der Waals surface area contributed by atoms with Crippen molar-refractivity contribution in [2.24, 2.45) is 12.0 Å². The van der Waals surface area contributed by atoms with E-state index in [9.17, 15) is 0 Å². The van der Waals surface area contributed by atoms with E-state index in [0.29, 0.717) is 6.61 Å². The van der Waals surface area contributed by atoms with Gasteiger partial charge in [-0.2, -0.15) is 0 Å². The van der Waals surface area contributed by atoms with E-state index in [4.69, 9.17) is 4.74 Å². The van der Waals surface area contributed by atoms with Crippen LogP contribution in [0.4, 0.5) is 0 Å². The maximum Gasteiger partial charge on any atom is 0.130 e. The number of pyridine rings is 1. The average Bonchev–Trinajstić information content (AvgIpc) is 3.28. The Balaban J connectivity index is 1.39. The fraction of sp³-hybridized carbons (Fsp3) is 0.148. The maximum absolute atomic E-state index is 5.91. The zero-order valence-electron chi connectivity index (χ0n) is 18.7. The van der Waals surface area contributed by atoms with Crippen molar-refractivity contribution < 1.29 is 4.74 Å². The molecule has 164 valence electrons. The first-order chi connectivity index (χ1) is 16.1. The first kappa shape index (κ1) is 20.7. The van der Waals surface area contributed by atoms with E-state index in [0.717, 1.165) is 50.7 Å². The molecule has 0 spiro atoms. The molecule has 0 bridgehead atoms. The van der Waals surface area contributed by atoms with Gasteiger partial charge >= 0.3 is 0 Å². The van der Waals surface area contributed by atoms with Gasteiger partial charge in [-0.1, -0.05) is 36.9 Å². The lowest BCUT2D eigenvalue weighted by Crippen LogP contribution is -2.35. The Morgan fingerprint density at radius 3 is 2.55 bits per heavy atom. The van der Waals surface area contributed by atoms with Gasteiger partial charge in [0.05, 0.1) is 24.3 Å². The van der Waals surface area contributed by atoms with Gasteiger partial charge in [-0.05, 0) is 52.1 Å². The smallest absolute Gasteiger partial charge is 0.130 e. The molecule has 6 nitrogen and oxygen atoms in total. The Labute approximate surface area is 193 Å². The summed E-state index contributed by atoms with van der Waals surface area (Å²) in [4.78, 5) is 12.9. The number of amidine groups is 1. The van der Waals surface area contributed by atoms with Crippen LogP contribution in [0.5, 0.6) is 5.75 Å². The predicted molar refractivity (Wildman–Crippen MR) is 131 cm³/mol. The molecule has 6 heteroatoms. The number of imidazole rings is 1. The summed E-state index contributed by atoms with van der Waals surface area (Å²) in [5, 5.41) is 3.53.